The molecule has 94 valence electrons. The molecule has 0 aliphatic heterocycles. The van der Waals surface area contributed by atoms with E-state index < -0.39 is 0 Å². The van der Waals surface area contributed by atoms with E-state index in [0.717, 1.165) is 11.3 Å². The largest absolute Gasteiger partial charge is 0.395 e. The van der Waals surface area contributed by atoms with Crippen molar-refractivity contribution >= 4 is 22.5 Å². The van der Waals surface area contributed by atoms with Gasteiger partial charge in [-0.2, -0.15) is 0 Å². The third-order valence-corrected chi connectivity index (χ3v) is 3.18. The first-order chi connectivity index (χ1) is 8.21. The van der Waals surface area contributed by atoms with Crippen LogP contribution in [0, 0.1) is 0 Å². The smallest absolute Gasteiger partial charge is 0.324 e. The first-order valence-corrected chi connectivity index (χ1v) is 6.25. The predicted molar refractivity (Wildman–Crippen MR) is 69.4 cm³/mol. The average molecular weight is 255 g/mol. The molecule has 5 nitrogen and oxygen atoms in total. The van der Waals surface area contributed by atoms with E-state index in [1.54, 1.807) is 12.3 Å². The molecule has 0 atom stereocenters. The lowest BCUT2D eigenvalue weighted by Gasteiger charge is -2.19. The fraction of sp³-hybridized carbons (Fsp3) is 0.455. The molecular formula is C11H17N3O2S. The number of carbonyl (C=O) groups is 1. The summed E-state index contributed by atoms with van der Waals surface area (Å²) in [5.41, 5.74) is 0. The van der Waals surface area contributed by atoms with E-state index in [4.69, 9.17) is 5.11 Å². The number of aliphatic hydroxyl groups is 1. The molecule has 0 aliphatic carbocycles. The van der Waals surface area contributed by atoms with E-state index >= 15 is 0 Å². The summed E-state index contributed by atoms with van der Waals surface area (Å²) in [7, 11) is 0. The summed E-state index contributed by atoms with van der Waals surface area (Å²) < 4.78 is 0. The van der Waals surface area contributed by atoms with Gasteiger partial charge in [-0.1, -0.05) is 13.0 Å². The van der Waals surface area contributed by atoms with Gasteiger partial charge in [0.25, 0.3) is 0 Å². The van der Waals surface area contributed by atoms with Gasteiger partial charge in [0.1, 0.15) is 0 Å². The van der Waals surface area contributed by atoms with Crippen LogP contribution in [0.2, 0.25) is 0 Å². The van der Waals surface area contributed by atoms with Crippen molar-refractivity contribution in [1.29, 1.82) is 0 Å². The lowest BCUT2D eigenvalue weighted by atomic mass is 10.4. The third-order valence-electron chi connectivity index (χ3n) is 2.12. The zero-order valence-electron chi connectivity index (χ0n) is 9.85. The van der Waals surface area contributed by atoms with Gasteiger partial charge >= 0.3 is 6.03 Å². The van der Waals surface area contributed by atoms with Crippen LogP contribution < -0.4 is 5.32 Å². The maximum absolute atomic E-state index is 11.8. The monoisotopic (exact) mass is 255 g/mol. The number of hydrogen-bond donors (Lipinski definition) is 2. The highest BCUT2D eigenvalue weighted by Crippen LogP contribution is 2.18. The topological polar surface area (TPSA) is 65.5 Å². The van der Waals surface area contributed by atoms with Crippen LogP contribution in [0.4, 0.5) is 9.93 Å². The number of aromatic nitrogens is 1. The van der Waals surface area contributed by atoms with Crippen LogP contribution in [0.3, 0.4) is 0 Å². The molecule has 0 saturated heterocycles. The summed E-state index contributed by atoms with van der Waals surface area (Å²) in [6.45, 7) is 6.22. The highest BCUT2D eigenvalue weighted by Gasteiger charge is 2.13. The van der Waals surface area contributed by atoms with Gasteiger partial charge in [0.05, 0.1) is 6.61 Å². The molecule has 0 aliphatic rings. The second-order valence-electron chi connectivity index (χ2n) is 3.37. The maximum Gasteiger partial charge on any atom is 0.324 e. The molecule has 0 spiro atoms. The van der Waals surface area contributed by atoms with Crippen molar-refractivity contribution in [3.05, 3.63) is 23.7 Å². The molecule has 1 aromatic heterocycles. The molecule has 0 bridgehead atoms. The molecule has 0 aromatic carbocycles. The molecule has 1 rings (SSSR count). The second-order valence-corrected chi connectivity index (χ2v) is 4.49. The van der Waals surface area contributed by atoms with E-state index in [2.05, 4.69) is 16.9 Å². The summed E-state index contributed by atoms with van der Waals surface area (Å²) in [5.74, 6) is 0. The van der Waals surface area contributed by atoms with E-state index in [9.17, 15) is 4.79 Å². The molecule has 1 heterocycles. The standard InChI is InChI=1S/C11H17N3O2S/c1-3-5-14(6-7-15)11(16)13-10-12-8-9(4-2)17-10/h3,8,15H,1,4-7H2,2H3,(H,12,13,16). The van der Waals surface area contributed by atoms with E-state index in [1.165, 1.54) is 16.2 Å². The Morgan fingerprint density at radius 3 is 3.06 bits per heavy atom. The molecule has 6 heteroatoms. The van der Waals surface area contributed by atoms with E-state index in [-0.39, 0.29) is 19.2 Å². The quantitative estimate of drug-likeness (QED) is 0.761. The van der Waals surface area contributed by atoms with Crippen molar-refractivity contribution in [3.63, 3.8) is 0 Å². The molecule has 0 saturated carbocycles. The van der Waals surface area contributed by atoms with Gasteiger partial charge in [-0.05, 0) is 6.42 Å². The first kappa shape index (κ1) is 13.7. The molecule has 1 aromatic rings. The van der Waals surface area contributed by atoms with Gasteiger partial charge in [0.15, 0.2) is 5.13 Å². The Bertz CT molecular complexity index is 379. The minimum atomic E-state index is -0.268. The maximum atomic E-state index is 11.8. The van der Waals surface area contributed by atoms with Crippen molar-refractivity contribution in [2.24, 2.45) is 0 Å². The van der Waals surface area contributed by atoms with Crippen molar-refractivity contribution in [3.8, 4) is 0 Å². The van der Waals surface area contributed by atoms with Crippen molar-refractivity contribution < 1.29 is 9.90 Å². The van der Waals surface area contributed by atoms with Crippen molar-refractivity contribution in [2.75, 3.05) is 25.0 Å². The Hall–Kier alpha value is -1.40. The van der Waals surface area contributed by atoms with Gasteiger partial charge in [0.2, 0.25) is 0 Å². The lowest BCUT2D eigenvalue weighted by molar-refractivity contribution is 0.195. The third kappa shape index (κ3) is 4.16. The lowest BCUT2D eigenvalue weighted by Crippen LogP contribution is -2.37. The highest BCUT2D eigenvalue weighted by molar-refractivity contribution is 7.15. The van der Waals surface area contributed by atoms with Crippen LogP contribution in [-0.2, 0) is 6.42 Å². The summed E-state index contributed by atoms with van der Waals surface area (Å²) in [5, 5.41) is 12.1. The second kappa shape index (κ2) is 7.03. The number of rotatable bonds is 6. The number of carbonyl (C=O) groups excluding carboxylic acids is 1. The van der Waals surface area contributed by atoms with Crippen LogP contribution in [0.1, 0.15) is 11.8 Å². The molecule has 0 unspecified atom stereocenters. The van der Waals surface area contributed by atoms with Crippen LogP contribution in [0.15, 0.2) is 18.9 Å². The van der Waals surface area contributed by atoms with Gasteiger partial charge < -0.3 is 10.0 Å². The number of aliphatic hydroxyl groups excluding tert-OH is 1. The van der Waals surface area contributed by atoms with Crippen molar-refractivity contribution in [1.82, 2.24) is 9.88 Å². The summed E-state index contributed by atoms with van der Waals surface area (Å²) >= 11 is 1.46. The molecule has 0 radical (unpaired) electrons. The highest BCUT2D eigenvalue weighted by atomic mass is 32.1. The predicted octanol–water partition coefficient (Wildman–Crippen LogP) is 1.72. The number of anilines is 1. The average Bonchev–Trinajstić information content (AvgIpc) is 2.76. The normalized spacial score (nSPS) is 10.0. The van der Waals surface area contributed by atoms with E-state index in [0.29, 0.717) is 11.7 Å². The van der Waals surface area contributed by atoms with Crippen LogP contribution in [-0.4, -0.2) is 40.7 Å². The van der Waals surface area contributed by atoms with Gasteiger partial charge in [0, 0.05) is 24.2 Å². The number of aryl methyl sites for hydroxylation is 1. The fourth-order valence-electron chi connectivity index (χ4n) is 1.25. The van der Waals surface area contributed by atoms with Crippen molar-refractivity contribution in [2.45, 2.75) is 13.3 Å². The fourth-order valence-corrected chi connectivity index (χ4v) is 1.99. The number of thiazole rings is 1. The summed E-state index contributed by atoms with van der Waals surface area (Å²) in [6.07, 6.45) is 4.28. The molecule has 17 heavy (non-hydrogen) atoms. The SMILES string of the molecule is C=CCN(CCO)C(=O)Nc1ncc(CC)s1. The Morgan fingerprint density at radius 2 is 2.53 bits per heavy atom. The Labute approximate surface area is 105 Å². The molecular weight excluding hydrogens is 238 g/mol. The Balaban J connectivity index is 2.58. The molecule has 2 N–H and O–H groups in total. The molecule has 2 amide bonds. The Morgan fingerprint density at radius 1 is 1.76 bits per heavy atom. The minimum absolute atomic E-state index is 0.0701. The van der Waals surface area contributed by atoms with Gasteiger partial charge in [-0.25, -0.2) is 9.78 Å². The Kier molecular flexibility index (Phi) is 5.65. The van der Waals surface area contributed by atoms with Gasteiger partial charge in [-0.3, -0.25) is 5.32 Å². The number of hydrogen-bond acceptors (Lipinski definition) is 4. The van der Waals surface area contributed by atoms with Crippen LogP contribution in [0.25, 0.3) is 0 Å². The minimum Gasteiger partial charge on any atom is -0.395 e. The van der Waals surface area contributed by atoms with Gasteiger partial charge in [-0.15, -0.1) is 17.9 Å². The van der Waals surface area contributed by atoms with Crippen LogP contribution >= 0.6 is 11.3 Å². The summed E-state index contributed by atoms with van der Waals surface area (Å²) in [6, 6.07) is -0.268. The van der Waals surface area contributed by atoms with Crippen LogP contribution in [0.5, 0.6) is 0 Å². The number of nitrogens with zero attached hydrogens (tertiary/aromatic N) is 2. The molecule has 0 fully saturated rings. The number of urea groups is 1. The first-order valence-electron chi connectivity index (χ1n) is 5.43. The number of amides is 2. The van der Waals surface area contributed by atoms with E-state index in [1.807, 2.05) is 6.92 Å². The number of nitrogens with one attached hydrogen (secondary N) is 1. The zero-order valence-corrected chi connectivity index (χ0v) is 10.7. The zero-order chi connectivity index (χ0) is 12.7. The summed E-state index contributed by atoms with van der Waals surface area (Å²) in [4.78, 5) is 18.5.